The van der Waals surface area contributed by atoms with E-state index in [1.54, 1.807) is 12.4 Å². The van der Waals surface area contributed by atoms with E-state index < -0.39 is 0 Å². The van der Waals surface area contributed by atoms with Gasteiger partial charge in [0.1, 0.15) is 5.82 Å². The third-order valence-electron chi connectivity index (χ3n) is 4.38. The molecule has 0 radical (unpaired) electrons. The fraction of sp³-hybridized carbons (Fsp3) is 0.211. The van der Waals surface area contributed by atoms with Gasteiger partial charge in [-0.15, -0.1) is 11.3 Å². The second kappa shape index (κ2) is 6.42. The SMILES string of the molecule is Cc1ncc(C(=O)Cc2cc3cc(-c4cnc(C)n4C)cnc3cn2)s1. The van der Waals surface area contributed by atoms with Crippen molar-refractivity contribution in [2.24, 2.45) is 7.05 Å². The van der Waals surface area contributed by atoms with Gasteiger partial charge in [0.15, 0.2) is 5.78 Å². The highest BCUT2D eigenvalue weighted by molar-refractivity contribution is 7.13. The van der Waals surface area contributed by atoms with Gasteiger partial charge in [0.05, 0.1) is 39.9 Å². The number of hydrogen-bond acceptors (Lipinski definition) is 6. The Morgan fingerprint density at radius 1 is 1.04 bits per heavy atom. The molecule has 0 spiro atoms. The van der Waals surface area contributed by atoms with Crippen LogP contribution >= 0.6 is 11.3 Å². The Balaban J connectivity index is 1.67. The largest absolute Gasteiger partial charge is 0.331 e. The summed E-state index contributed by atoms with van der Waals surface area (Å²) in [7, 11) is 1.98. The molecule has 6 nitrogen and oxygen atoms in total. The average Bonchev–Trinajstić information content (AvgIpc) is 3.21. The summed E-state index contributed by atoms with van der Waals surface area (Å²) in [5.74, 6) is 0.981. The van der Waals surface area contributed by atoms with Crippen molar-refractivity contribution in [3.63, 3.8) is 0 Å². The summed E-state index contributed by atoms with van der Waals surface area (Å²) in [6.07, 6.45) is 7.27. The van der Waals surface area contributed by atoms with Gasteiger partial charge in [-0.3, -0.25) is 14.8 Å². The van der Waals surface area contributed by atoms with Crippen LogP contribution in [0.3, 0.4) is 0 Å². The predicted octanol–water partition coefficient (Wildman–Crippen LogP) is 3.53. The van der Waals surface area contributed by atoms with Crippen LogP contribution in [0.1, 0.15) is 26.2 Å². The average molecular weight is 363 g/mol. The molecule has 0 fully saturated rings. The van der Waals surface area contributed by atoms with Crippen LogP contribution in [0, 0.1) is 13.8 Å². The number of imidazole rings is 1. The number of rotatable bonds is 4. The minimum Gasteiger partial charge on any atom is -0.331 e. The van der Waals surface area contributed by atoms with Gasteiger partial charge in [-0.1, -0.05) is 0 Å². The van der Waals surface area contributed by atoms with E-state index in [9.17, 15) is 4.79 Å². The van der Waals surface area contributed by atoms with Crippen LogP contribution in [-0.2, 0) is 13.5 Å². The molecule has 26 heavy (non-hydrogen) atoms. The molecule has 0 aliphatic carbocycles. The highest BCUT2D eigenvalue weighted by Gasteiger charge is 2.12. The Hall–Kier alpha value is -2.93. The van der Waals surface area contributed by atoms with E-state index in [2.05, 4.69) is 26.0 Å². The number of ketones is 1. The molecule has 4 heterocycles. The third-order valence-corrected chi connectivity index (χ3v) is 5.33. The Labute approximate surface area is 154 Å². The van der Waals surface area contributed by atoms with E-state index in [4.69, 9.17) is 0 Å². The molecule has 0 unspecified atom stereocenters. The first-order valence-corrected chi connectivity index (χ1v) is 9.02. The molecule has 0 atom stereocenters. The molecule has 4 aromatic rings. The van der Waals surface area contributed by atoms with Gasteiger partial charge in [0.25, 0.3) is 0 Å². The molecule has 0 aliphatic rings. The van der Waals surface area contributed by atoms with Gasteiger partial charge in [-0.25, -0.2) is 9.97 Å². The third kappa shape index (κ3) is 3.01. The van der Waals surface area contributed by atoms with Crippen molar-refractivity contribution in [3.8, 4) is 11.3 Å². The molecule has 0 saturated heterocycles. The molecule has 0 amide bonds. The number of thiazole rings is 1. The summed E-state index contributed by atoms with van der Waals surface area (Å²) in [4.78, 5) is 30.4. The fourth-order valence-corrected chi connectivity index (χ4v) is 3.54. The van der Waals surface area contributed by atoms with Crippen LogP contribution < -0.4 is 0 Å². The zero-order valence-electron chi connectivity index (χ0n) is 14.7. The van der Waals surface area contributed by atoms with Crippen molar-refractivity contribution in [3.05, 3.63) is 58.3 Å². The lowest BCUT2D eigenvalue weighted by Gasteiger charge is -2.06. The highest BCUT2D eigenvalue weighted by Crippen LogP contribution is 2.23. The number of aryl methyl sites for hydroxylation is 2. The zero-order chi connectivity index (χ0) is 18.3. The van der Waals surface area contributed by atoms with Crippen molar-refractivity contribution in [2.45, 2.75) is 20.3 Å². The lowest BCUT2D eigenvalue weighted by molar-refractivity contribution is 0.0995. The normalized spacial score (nSPS) is 11.2. The Morgan fingerprint density at radius 3 is 2.58 bits per heavy atom. The van der Waals surface area contributed by atoms with Crippen LogP contribution in [0.4, 0.5) is 0 Å². The van der Waals surface area contributed by atoms with E-state index in [0.29, 0.717) is 4.88 Å². The second-order valence-corrected chi connectivity index (χ2v) is 7.42. The zero-order valence-corrected chi connectivity index (χ0v) is 15.5. The highest BCUT2D eigenvalue weighted by atomic mass is 32.1. The number of nitrogens with zero attached hydrogens (tertiary/aromatic N) is 5. The van der Waals surface area contributed by atoms with E-state index in [0.717, 1.165) is 38.7 Å². The number of carbonyl (C=O) groups excluding carboxylic acids is 1. The van der Waals surface area contributed by atoms with E-state index >= 15 is 0 Å². The van der Waals surface area contributed by atoms with Gasteiger partial charge < -0.3 is 4.57 Å². The number of pyridine rings is 2. The maximum atomic E-state index is 12.4. The number of fused-ring (bicyclic) bond motifs is 1. The molecule has 4 aromatic heterocycles. The molecule has 0 aliphatic heterocycles. The summed E-state index contributed by atoms with van der Waals surface area (Å²) < 4.78 is 2.03. The Morgan fingerprint density at radius 2 is 1.88 bits per heavy atom. The standard InChI is InChI=1S/C19H17N5OS/c1-11-20-9-17(24(11)3)14-4-13-5-15(22-8-16(13)23-7-14)6-18(25)19-10-21-12(2)26-19/h4-5,7-10H,6H2,1-3H3. The number of carbonyl (C=O) groups is 1. The molecule has 130 valence electrons. The van der Waals surface area contributed by atoms with E-state index in [-0.39, 0.29) is 12.2 Å². The van der Waals surface area contributed by atoms with Gasteiger partial charge in [0.2, 0.25) is 0 Å². The molecular weight excluding hydrogens is 346 g/mol. The number of aromatic nitrogens is 5. The first-order chi connectivity index (χ1) is 12.5. The van der Waals surface area contributed by atoms with Crippen LogP contribution in [0.25, 0.3) is 22.2 Å². The maximum Gasteiger partial charge on any atom is 0.180 e. The summed E-state index contributed by atoms with van der Waals surface area (Å²) in [5.41, 5.74) is 3.53. The molecule has 0 saturated carbocycles. The monoisotopic (exact) mass is 363 g/mol. The van der Waals surface area contributed by atoms with Gasteiger partial charge >= 0.3 is 0 Å². The van der Waals surface area contributed by atoms with E-state index in [1.165, 1.54) is 11.3 Å². The van der Waals surface area contributed by atoms with Gasteiger partial charge in [-0.2, -0.15) is 0 Å². The Kier molecular flexibility index (Phi) is 4.08. The van der Waals surface area contributed by atoms with Gasteiger partial charge in [0, 0.05) is 36.1 Å². The summed E-state index contributed by atoms with van der Waals surface area (Å²) in [6, 6.07) is 3.99. The van der Waals surface area contributed by atoms with Crippen molar-refractivity contribution in [1.82, 2.24) is 24.5 Å². The van der Waals surface area contributed by atoms with Crippen molar-refractivity contribution >= 4 is 28.0 Å². The second-order valence-electron chi connectivity index (χ2n) is 6.19. The van der Waals surface area contributed by atoms with Crippen molar-refractivity contribution in [2.75, 3.05) is 0 Å². The lowest BCUT2D eigenvalue weighted by atomic mass is 10.1. The molecule has 0 aromatic carbocycles. The quantitative estimate of drug-likeness (QED) is 0.519. The summed E-state index contributed by atoms with van der Waals surface area (Å²) >= 11 is 1.41. The number of Topliss-reactive ketones (excluding diaryl/α,β-unsaturated/α-hetero) is 1. The fourth-order valence-electron chi connectivity index (χ4n) is 2.83. The lowest BCUT2D eigenvalue weighted by Crippen LogP contribution is -2.03. The Bertz CT molecular complexity index is 1130. The molecule has 7 heteroatoms. The topological polar surface area (TPSA) is 73.6 Å². The molecule has 0 N–H and O–H groups in total. The molecule has 4 rings (SSSR count). The van der Waals surface area contributed by atoms with E-state index in [1.807, 2.05) is 43.9 Å². The minimum absolute atomic E-state index is 0.0359. The maximum absolute atomic E-state index is 12.4. The number of hydrogen-bond donors (Lipinski definition) is 0. The van der Waals surface area contributed by atoms with Crippen LogP contribution in [0.5, 0.6) is 0 Å². The first kappa shape index (κ1) is 16.5. The van der Waals surface area contributed by atoms with Crippen LogP contribution in [-0.4, -0.2) is 30.3 Å². The van der Waals surface area contributed by atoms with Gasteiger partial charge in [-0.05, 0) is 26.0 Å². The first-order valence-electron chi connectivity index (χ1n) is 8.20. The smallest absolute Gasteiger partial charge is 0.180 e. The predicted molar refractivity (Wildman–Crippen MR) is 101 cm³/mol. The molecule has 0 bridgehead atoms. The summed E-state index contributed by atoms with van der Waals surface area (Å²) in [5, 5.41) is 1.85. The van der Waals surface area contributed by atoms with Crippen molar-refractivity contribution in [1.29, 1.82) is 0 Å². The van der Waals surface area contributed by atoms with Crippen molar-refractivity contribution < 1.29 is 4.79 Å². The minimum atomic E-state index is 0.0359. The van der Waals surface area contributed by atoms with Crippen LogP contribution in [0.15, 0.2) is 36.9 Å². The molecular formula is C19H17N5OS. The van der Waals surface area contributed by atoms with Crippen LogP contribution in [0.2, 0.25) is 0 Å². The summed E-state index contributed by atoms with van der Waals surface area (Å²) in [6.45, 7) is 3.86.